The zero-order valence-corrected chi connectivity index (χ0v) is 21.3. The molecular weight excluding hydrogens is 480 g/mol. The van der Waals surface area contributed by atoms with E-state index >= 15 is 0 Å². The highest BCUT2D eigenvalue weighted by Gasteiger charge is 2.27. The Bertz CT molecular complexity index is 1350. The van der Waals surface area contributed by atoms with Gasteiger partial charge in [0.05, 0.1) is 24.7 Å². The Labute approximate surface area is 212 Å². The molecule has 5 rings (SSSR count). The molecule has 4 aromatic rings. The number of H-pyrrole nitrogens is 1. The molecule has 1 aliphatic heterocycles. The third-order valence-electron chi connectivity index (χ3n) is 6.26. The van der Waals surface area contributed by atoms with Gasteiger partial charge in [0.2, 0.25) is 0 Å². The van der Waals surface area contributed by atoms with Crippen LogP contribution in [-0.4, -0.2) is 57.0 Å². The van der Waals surface area contributed by atoms with Crippen LogP contribution in [0.4, 0.5) is 0 Å². The summed E-state index contributed by atoms with van der Waals surface area (Å²) in [5.41, 5.74) is 1.28. The van der Waals surface area contributed by atoms with Crippen LogP contribution in [0.2, 0.25) is 0 Å². The highest BCUT2D eigenvalue weighted by Crippen LogP contribution is 2.34. The lowest BCUT2D eigenvalue weighted by atomic mass is 10.1. The van der Waals surface area contributed by atoms with Gasteiger partial charge in [0.25, 0.3) is 5.56 Å². The molecule has 0 aliphatic carbocycles. The minimum Gasteiger partial charge on any atom is -0.486 e. The van der Waals surface area contributed by atoms with Crippen molar-refractivity contribution in [2.24, 2.45) is 0 Å². The molecule has 0 bridgehead atoms. The summed E-state index contributed by atoms with van der Waals surface area (Å²) in [6, 6.07) is 9.81. The Kier molecular flexibility index (Phi) is 7.59. The number of pyridine rings is 1. The number of nitrogens with one attached hydrogen (secondary N) is 1. The van der Waals surface area contributed by atoms with E-state index in [-0.39, 0.29) is 11.6 Å². The molecule has 0 unspecified atom stereocenters. The molecule has 1 aromatic carbocycles. The first-order valence-electron chi connectivity index (χ1n) is 12.1. The Morgan fingerprint density at radius 1 is 1.22 bits per heavy atom. The summed E-state index contributed by atoms with van der Waals surface area (Å²) in [7, 11) is 1.66. The molecule has 0 saturated heterocycles. The maximum absolute atomic E-state index is 13.2. The van der Waals surface area contributed by atoms with Crippen LogP contribution in [0.15, 0.2) is 40.5 Å². The van der Waals surface area contributed by atoms with Crippen LogP contribution >= 0.6 is 11.3 Å². The van der Waals surface area contributed by atoms with Crippen molar-refractivity contribution in [3.8, 4) is 11.5 Å². The van der Waals surface area contributed by atoms with Crippen molar-refractivity contribution in [3.05, 3.63) is 62.3 Å². The van der Waals surface area contributed by atoms with Gasteiger partial charge in [-0.1, -0.05) is 19.4 Å². The van der Waals surface area contributed by atoms with E-state index in [9.17, 15) is 4.79 Å². The van der Waals surface area contributed by atoms with Crippen molar-refractivity contribution < 1.29 is 14.2 Å². The summed E-state index contributed by atoms with van der Waals surface area (Å²) < 4.78 is 18.5. The lowest BCUT2D eigenvalue weighted by Crippen LogP contribution is -2.32. The molecular formula is C25H30N6O4S. The van der Waals surface area contributed by atoms with Crippen LogP contribution in [0.25, 0.3) is 10.9 Å². The molecule has 36 heavy (non-hydrogen) atoms. The van der Waals surface area contributed by atoms with Gasteiger partial charge < -0.3 is 19.2 Å². The number of aromatic nitrogens is 5. The van der Waals surface area contributed by atoms with Gasteiger partial charge in [-0.3, -0.25) is 9.69 Å². The zero-order valence-electron chi connectivity index (χ0n) is 20.5. The van der Waals surface area contributed by atoms with Gasteiger partial charge in [-0.05, 0) is 40.4 Å². The van der Waals surface area contributed by atoms with Crippen LogP contribution in [-0.2, 0) is 24.4 Å². The van der Waals surface area contributed by atoms with Crippen molar-refractivity contribution >= 4 is 22.2 Å². The number of ether oxygens (including phenoxy) is 3. The average Bonchev–Trinajstić information content (AvgIpc) is 3.57. The number of nitrogens with zero attached hydrogens (tertiary/aromatic N) is 5. The number of tetrazole rings is 1. The van der Waals surface area contributed by atoms with Crippen molar-refractivity contribution in [1.29, 1.82) is 0 Å². The summed E-state index contributed by atoms with van der Waals surface area (Å²) in [5.74, 6) is 2.13. The fraction of sp³-hybridized carbons (Fsp3) is 0.440. The molecule has 0 radical (unpaired) electrons. The number of rotatable bonds is 11. The second kappa shape index (κ2) is 11.2. The third kappa shape index (κ3) is 5.28. The van der Waals surface area contributed by atoms with Crippen LogP contribution < -0.4 is 15.0 Å². The molecule has 0 fully saturated rings. The van der Waals surface area contributed by atoms with Gasteiger partial charge in [0.1, 0.15) is 13.2 Å². The van der Waals surface area contributed by atoms with Crippen LogP contribution in [0.5, 0.6) is 11.5 Å². The van der Waals surface area contributed by atoms with E-state index in [2.05, 4.69) is 43.8 Å². The van der Waals surface area contributed by atoms with Crippen LogP contribution in [0, 0.1) is 0 Å². The first-order valence-corrected chi connectivity index (χ1v) is 13.0. The summed E-state index contributed by atoms with van der Waals surface area (Å²) in [6.45, 7) is 5.37. The van der Waals surface area contributed by atoms with Gasteiger partial charge in [-0.25, -0.2) is 4.68 Å². The number of hydrogen-bond acceptors (Lipinski definition) is 9. The predicted molar refractivity (Wildman–Crippen MR) is 136 cm³/mol. The number of benzene rings is 1. The first-order chi connectivity index (χ1) is 17.7. The van der Waals surface area contributed by atoms with E-state index in [0.29, 0.717) is 56.5 Å². The number of methoxy groups -OCH3 is 1. The van der Waals surface area contributed by atoms with E-state index in [1.54, 1.807) is 23.1 Å². The molecule has 3 aromatic heterocycles. The smallest absolute Gasteiger partial charge is 0.252 e. The Morgan fingerprint density at radius 2 is 2.06 bits per heavy atom. The lowest BCUT2D eigenvalue weighted by molar-refractivity contribution is 0.148. The van der Waals surface area contributed by atoms with Crippen LogP contribution in [0.3, 0.4) is 0 Å². The Morgan fingerprint density at radius 3 is 2.81 bits per heavy atom. The molecule has 0 saturated carbocycles. The Hall–Kier alpha value is -3.28. The van der Waals surface area contributed by atoms with E-state index in [0.717, 1.165) is 29.6 Å². The maximum atomic E-state index is 13.2. The van der Waals surface area contributed by atoms with Gasteiger partial charge >= 0.3 is 0 Å². The summed E-state index contributed by atoms with van der Waals surface area (Å²) in [5, 5.41) is 15.5. The first kappa shape index (κ1) is 24.4. The van der Waals surface area contributed by atoms with E-state index in [1.165, 1.54) is 4.88 Å². The van der Waals surface area contributed by atoms with Crippen molar-refractivity contribution in [2.75, 3.05) is 26.9 Å². The topological polar surface area (TPSA) is 107 Å². The summed E-state index contributed by atoms with van der Waals surface area (Å²) >= 11 is 1.70. The molecule has 11 heteroatoms. The van der Waals surface area contributed by atoms with E-state index in [1.807, 2.05) is 24.3 Å². The average molecular weight is 511 g/mol. The van der Waals surface area contributed by atoms with Gasteiger partial charge in [0.15, 0.2) is 17.3 Å². The second-order valence-electron chi connectivity index (χ2n) is 8.75. The lowest BCUT2D eigenvalue weighted by Gasteiger charge is -2.30. The highest BCUT2D eigenvalue weighted by molar-refractivity contribution is 7.09. The molecule has 0 amide bonds. The van der Waals surface area contributed by atoms with E-state index < -0.39 is 0 Å². The van der Waals surface area contributed by atoms with Gasteiger partial charge in [0, 0.05) is 42.1 Å². The standard InChI is InChI=1S/C25H30N6O4S/c1-3-5-21(24-27-28-29-31(24)7-8-33-2)30(16-19-6-4-11-36-19)15-18-12-17-13-22-23(35-10-9-34-22)14-20(17)26-25(18)32/h4,6,11-14,21H,3,5,7-10,15-16H2,1-2H3,(H,26,32)/t21-/m0/s1. The molecule has 10 nitrogen and oxygen atoms in total. The Balaban J connectivity index is 1.51. The SMILES string of the molecule is CCC[C@@H](c1nnnn1CCOC)N(Cc1cccs1)Cc1cc2cc3c(cc2[nH]c1=O)OCCO3. The van der Waals surface area contributed by atoms with Crippen LogP contribution in [0.1, 0.15) is 42.1 Å². The molecule has 4 heterocycles. The fourth-order valence-corrected chi connectivity index (χ4v) is 5.27. The third-order valence-corrected chi connectivity index (χ3v) is 7.13. The second-order valence-corrected chi connectivity index (χ2v) is 9.78. The molecule has 0 spiro atoms. The number of aromatic amines is 1. The maximum Gasteiger partial charge on any atom is 0.252 e. The molecule has 1 N–H and O–H groups in total. The van der Waals surface area contributed by atoms with Gasteiger partial charge in [-0.15, -0.1) is 16.4 Å². The molecule has 1 aliphatic rings. The summed E-state index contributed by atoms with van der Waals surface area (Å²) in [6.07, 6.45) is 1.79. The van der Waals surface area contributed by atoms with Crippen molar-refractivity contribution in [2.45, 2.75) is 45.4 Å². The van der Waals surface area contributed by atoms with E-state index in [4.69, 9.17) is 14.2 Å². The van der Waals surface area contributed by atoms with Gasteiger partial charge in [-0.2, -0.15) is 0 Å². The minimum absolute atomic E-state index is 0.0701. The normalized spacial score (nSPS) is 14.0. The monoisotopic (exact) mass is 510 g/mol. The summed E-state index contributed by atoms with van der Waals surface area (Å²) in [4.78, 5) is 19.7. The largest absolute Gasteiger partial charge is 0.486 e. The number of fused-ring (bicyclic) bond motifs is 2. The van der Waals surface area contributed by atoms with Crippen molar-refractivity contribution in [3.63, 3.8) is 0 Å². The number of thiophene rings is 1. The zero-order chi connectivity index (χ0) is 24.9. The quantitative estimate of drug-likeness (QED) is 0.327. The number of hydrogen-bond donors (Lipinski definition) is 1. The minimum atomic E-state index is -0.121. The van der Waals surface area contributed by atoms with Crippen molar-refractivity contribution in [1.82, 2.24) is 30.1 Å². The molecule has 1 atom stereocenters. The highest BCUT2D eigenvalue weighted by atomic mass is 32.1. The predicted octanol–water partition coefficient (Wildman–Crippen LogP) is 3.54. The fourth-order valence-electron chi connectivity index (χ4n) is 4.54. The molecule has 190 valence electrons.